The summed E-state index contributed by atoms with van der Waals surface area (Å²) in [6, 6.07) is 12.0. The minimum Gasteiger partial charge on any atom is -0.404 e. The van der Waals surface area contributed by atoms with Crippen molar-refractivity contribution in [1.82, 2.24) is 10.3 Å². The number of pyridine rings is 1. The summed E-state index contributed by atoms with van der Waals surface area (Å²) in [5.74, 6) is -0.546. The first kappa shape index (κ1) is 20.1. The van der Waals surface area contributed by atoms with Crippen LogP contribution in [0.3, 0.4) is 0 Å². The highest BCUT2D eigenvalue weighted by molar-refractivity contribution is 5.93. The Morgan fingerprint density at radius 3 is 2.62 bits per heavy atom. The number of primary amides is 1. The molecular weight excluding hydrogens is 372 g/mol. The number of nitrogens with zero attached hydrogens (tertiary/aromatic N) is 2. The SMILES string of the molecule is Cc1ccccc1-c1cc(=O)oc2nc(N(C)CC(=O)NC(C)C(N)=O)ccc12. The highest BCUT2D eigenvalue weighted by Gasteiger charge is 2.16. The Morgan fingerprint density at radius 1 is 1.21 bits per heavy atom. The summed E-state index contributed by atoms with van der Waals surface area (Å²) in [5, 5.41) is 3.20. The van der Waals surface area contributed by atoms with Gasteiger partial charge in [-0.1, -0.05) is 24.3 Å². The maximum atomic E-state index is 12.1. The monoisotopic (exact) mass is 394 g/mol. The third-order valence-electron chi connectivity index (χ3n) is 4.61. The zero-order valence-electron chi connectivity index (χ0n) is 16.4. The van der Waals surface area contributed by atoms with Gasteiger partial charge in [0, 0.05) is 24.1 Å². The maximum absolute atomic E-state index is 12.1. The highest BCUT2D eigenvalue weighted by atomic mass is 16.4. The lowest BCUT2D eigenvalue weighted by Gasteiger charge is -2.19. The third kappa shape index (κ3) is 4.43. The van der Waals surface area contributed by atoms with Gasteiger partial charge in [-0.3, -0.25) is 9.59 Å². The average molecular weight is 394 g/mol. The molecule has 0 spiro atoms. The number of carbonyl (C=O) groups excluding carboxylic acids is 2. The van der Waals surface area contributed by atoms with Crippen LogP contribution in [0.25, 0.3) is 22.2 Å². The third-order valence-corrected chi connectivity index (χ3v) is 4.61. The molecule has 29 heavy (non-hydrogen) atoms. The number of nitrogens with one attached hydrogen (secondary N) is 1. The van der Waals surface area contributed by atoms with Crippen molar-refractivity contribution in [2.24, 2.45) is 5.73 Å². The molecule has 0 saturated carbocycles. The number of likely N-dealkylation sites (N-methyl/N-ethyl adjacent to an activating group) is 1. The Kier molecular flexibility index (Phi) is 5.63. The molecule has 8 nitrogen and oxygen atoms in total. The number of aryl methyl sites for hydroxylation is 1. The van der Waals surface area contributed by atoms with Crippen LogP contribution >= 0.6 is 0 Å². The molecule has 8 heteroatoms. The number of amides is 2. The second-order valence-electron chi connectivity index (χ2n) is 6.86. The average Bonchev–Trinajstić information content (AvgIpc) is 2.67. The zero-order valence-corrected chi connectivity index (χ0v) is 16.4. The van der Waals surface area contributed by atoms with Gasteiger partial charge in [-0.15, -0.1) is 0 Å². The predicted octanol–water partition coefficient (Wildman–Crippen LogP) is 1.59. The number of fused-ring (bicyclic) bond motifs is 1. The van der Waals surface area contributed by atoms with E-state index < -0.39 is 17.6 Å². The summed E-state index contributed by atoms with van der Waals surface area (Å²) in [6.07, 6.45) is 0. The fraction of sp³-hybridized carbons (Fsp3) is 0.238. The molecule has 3 aromatic rings. The van der Waals surface area contributed by atoms with Crippen LogP contribution in [0.5, 0.6) is 0 Å². The molecule has 0 saturated heterocycles. The number of hydrogen-bond donors (Lipinski definition) is 2. The standard InChI is InChI=1S/C21H22N4O4/c1-12-6-4-5-7-14(12)16-10-19(27)29-21-15(16)8-9-17(24-21)25(3)11-18(26)23-13(2)20(22)28/h4-10,13H,11H2,1-3H3,(H2,22,28)(H,23,26). The van der Waals surface area contributed by atoms with Gasteiger partial charge in [0.15, 0.2) is 0 Å². The van der Waals surface area contributed by atoms with Gasteiger partial charge in [0.2, 0.25) is 17.5 Å². The van der Waals surface area contributed by atoms with E-state index in [2.05, 4.69) is 10.3 Å². The molecule has 0 radical (unpaired) electrons. The van der Waals surface area contributed by atoms with Gasteiger partial charge >= 0.3 is 5.63 Å². The van der Waals surface area contributed by atoms with Gasteiger partial charge in [-0.05, 0) is 37.1 Å². The molecule has 3 rings (SSSR count). The van der Waals surface area contributed by atoms with E-state index in [1.165, 1.54) is 13.0 Å². The lowest BCUT2D eigenvalue weighted by Crippen LogP contribution is -2.45. The zero-order chi connectivity index (χ0) is 21.1. The van der Waals surface area contributed by atoms with Gasteiger partial charge < -0.3 is 20.4 Å². The van der Waals surface area contributed by atoms with Crippen molar-refractivity contribution in [3.05, 3.63) is 58.4 Å². The Bertz CT molecular complexity index is 1140. The molecule has 1 unspecified atom stereocenters. The van der Waals surface area contributed by atoms with E-state index in [1.807, 2.05) is 37.3 Å². The van der Waals surface area contributed by atoms with Crippen LogP contribution in [0, 0.1) is 6.92 Å². The molecule has 1 atom stereocenters. The lowest BCUT2D eigenvalue weighted by atomic mass is 9.99. The van der Waals surface area contributed by atoms with Crippen LogP contribution < -0.4 is 21.6 Å². The van der Waals surface area contributed by atoms with Crippen molar-refractivity contribution in [3.8, 4) is 11.1 Å². The topological polar surface area (TPSA) is 119 Å². The van der Waals surface area contributed by atoms with Crippen LogP contribution in [-0.2, 0) is 9.59 Å². The van der Waals surface area contributed by atoms with Crippen LogP contribution in [0.15, 0.2) is 51.7 Å². The predicted molar refractivity (Wildman–Crippen MR) is 111 cm³/mol. The highest BCUT2D eigenvalue weighted by Crippen LogP contribution is 2.29. The number of anilines is 1. The first-order valence-electron chi connectivity index (χ1n) is 9.07. The van der Waals surface area contributed by atoms with Crippen molar-refractivity contribution < 1.29 is 14.0 Å². The van der Waals surface area contributed by atoms with E-state index in [-0.39, 0.29) is 18.2 Å². The molecule has 0 aliphatic heterocycles. The molecule has 2 heterocycles. The fourth-order valence-corrected chi connectivity index (χ4v) is 3.00. The van der Waals surface area contributed by atoms with E-state index in [4.69, 9.17) is 10.2 Å². The van der Waals surface area contributed by atoms with Crippen LogP contribution in [0.1, 0.15) is 12.5 Å². The fourth-order valence-electron chi connectivity index (χ4n) is 3.00. The molecule has 0 bridgehead atoms. The van der Waals surface area contributed by atoms with Crippen molar-refractivity contribution in [3.63, 3.8) is 0 Å². The Hall–Kier alpha value is -3.68. The molecule has 150 valence electrons. The Labute approximate surface area is 167 Å². The summed E-state index contributed by atoms with van der Waals surface area (Å²) in [7, 11) is 1.67. The van der Waals surface area contributed by atoms with Crippen molar-refractivity contribution in [2.45, 2.75) is 19.9 Å². The van der Waals surface area contributed by atoms with E-state index >= 15 is 0 Å². The Balaban J connectivity index is 1.93. The number of nitrogens with two attached hydrogens (primary N) is 1. The quantitative estimate of drug-likeness (QED) is 0.655. The lowest BCUT2D eigenvalue weighted by molar-refractivity contribution is -0.126. The molecular formula is C21H22N4O4. The van der Waals surface area contributed by atoms with E-state index in [0.29, 0.717) is 11.2 Å². The molecule has 2 amide bonds. The molecule has 1 aromatic carbocycles. The van der Waals surface area contributed by atoms with Crippen molar-refractivity contribution in [1.29, 1.82) is 0 Å². The van der Waals surface area contributed by atoms with E-state index in [1.54, 1.807) is 18.0 Å². The molecule has 0 aliphatic carbocycles. The smallest absolute Gasteiger partial charge is 0.338 e. The molecule has 3 N–H and O–H groups in total. The second kappa shape index (κ2) is 8.14. The maximum Gasteiger partial charge on any atom is 0.338 e. The number of hydrogen-bond acceptors (Lipinski definition) is 6. The summed E-state index contributed by atoms with van der Waals surface area (Å²) in [4.78, 5) is 41.3. The first-order chi connectivity index (χ1) is 13.8. The van der Waals surface area contributed by atoms with Crippen LogP contribution in [-0.4, -0.2) is 36.4 Å². The van der Waals surface area contributed by atoms with Crippen molar-refractivity contribution >= 4 is 28.7 Å². The van der Waals surface area contributed by atoms with Gasteiger partial charge in [-0.2, -0.15) is 4.98 Å². The minimum atomic E-state index is -0.768. The van der Waals surface area contributed by atoms with E-state index in [9.17, 15) is 14.4 Å². The summed E-state index contributed by atoms with van der Waals surface area (Å²) >= 11 is 0. The molecule has 2 aromatic heterocycles. The number of aromatic nitrogens is 1. The molecule has 0 fully saturated rings. The first-order valence-corrected chi connectivity index (χ1v) is 9.07. The minimum absolute atomic E-state index is 0.0438. The van der Waals surface area contributed by atoms with Crippen molar-refractivity contribution in [2.75, 3.05) is 18.5 Å². The number of rotatable bonds is 6. The largest absolute Gasteiger partial charge is 0.404 e. The number of carbonyl (C=O) groups is 2. The van der Waals surface area contributed by atoms with Crippen LogP contribution in [0.2, 0.25) is 0 Å². The van der Waals surface area contributed by atoms with Gasteiger partial charge in [0.05, 0.1) is 6.54 Å². The normalized spacial score (nSPS) is 11.8. The Morgan fingerprint density at radius 2 is 1.93 bits per heavy atom. The number of benzene rings is 1. The summed E-state index contributed by atoms with van der Waals surface area (Å²) in [6.45, 7) is 3.44. The van der Waals surface area contributed by atoms with E-state index in [0.717, 1.165) is 16.7 Å². The van der Waals surface area contributed by atoms with Gasteiger partial charge in [0.1, 0.15) is 11.9 Å². The summed E-state index contributed by atoms with van der Waals surface area (Å²) in [5.41, 5.74) is 7.53. The summed E-state index contributed by atoms with van der Waals surface area (Å²) < 4.78 is 5.30. The molecule has 0 aliphatic rings. The van der Waals surface area contributed by atoms with Crippen LogP contribution in [0.4, 0.5) is 5.82 Å². The second-order valence-corrected chi connectivity index (χ2v) is 6.86. The van der Waals surface area contributed by atoms with Gasteiger partial charge in [-0.25, -0.2) is 4.79 Å². The van der Waals surface area contributed by atoms with Gasteiger partial charge in [0.25, 0.3) is 0 Å².